The van der Waals surface area contributed by atoms with E-state index in [1.165, 1.54) is 14.2 Å². The number of hydrogen-bond acceptors (Lipinski definition) is 7. The standard InChI is InChI=1S/C13H18N4O3/c1-9(6-7-10-5-4-8-20-10)14-11-15-12(18-2)17-13(16-11)19-3/h4-5,8-9H,6-7H2,1-3H3,(H,14,15,16,17). The maximum atomic E-state index is 5.30. The summed E-state index contributed by atoms with van der Waals surface area (Å²) in [6.07, 6.45) is 3.42. The number of nitrogens with one attached hydrogen (secondary N) is 1. The van der Waals surface area contributed by atoms with Gasteiger partial charge >= 0.3 is 12.0 Å². The molecule has 0 aliphatic rings. The van der Waals surface area contributed by atoms with Crippen LogP contribution in [0.25, 0.3) is 0 Å². The van der Waals surface area contributed by atoms with Gasteiger partial charge in [-0.2, -0.15) is 9.97 Å². The Balaban J connectivity index is 1.94. The molecule has 1 N–H and O–H groups in total. The van der Waals surface area contributed by atoms with Crippen LogP contribution in [0, 0.1) is 0 Å². The third kappa shape index (κ3) is 3.84. The first-order valence-electron chi connectivity index (χ1n) is 6.34. The van der Waals surface area contributed by atoms with Gasteiger partial charge in [0.05, 0.1) is 20.5 Å². The van der Waals surface area contributed by atoms with Crippen molar-refractivity contribution in [1.82, 2.24) is 15.0 Å². The monoisotopic (exact) mass is 278 g/mol. The average molecular weight is 278 g/mol. The van der Waals surface area contributed by atoms with Crippen molar-refractivity contribution in [3.8, 4) is 12.0 Å². The van der Waals surface area contributed by atoms with E-state index in [9.17, 15) is 0 Å². The molecule has 20 heavy (non-hydrogen) atoms. The molecule has 2 heterocycles. The number of methoxy groups -OCH3 is 2. The molecule has 0 aliphatic carbocycles. The molecule has 0 saturated heterocycles. The Hall–Kier alpha value is -2.31. The zero-order valence-corrected chi connectivity index (χ0v) is 11.8. The van der Waals surface area contributed by atoms with Crippen molar-refractivity contribution in [2.75, 3.05) is 19.5 Å². The summed E-state index contributed by atoms with van der Waals surface area (Å²) in [4.78, 5) is 12.2. The predicted molar refractivity (Wildman–Crippen MR) is 73.0 cm³/mol. The molecule has 0 spiro atoms. The van der Waals surface area contributed by atoms with E-state index in [0.29, 0.717) is 5.95 Å². The summed E-state index contributed by atoms with van der Waals surface area (Å²) >= 11 is 0. The third-order valence-corrected chi connectivity index (χ3v) is 2.74. The largest absolute Gasteiger partial charge is 0.469 e. The lowest BCUT2D eigenvalue weighted by Gasteiger charge is -2.13. The van der Waals surface area contributed by atoms with E-state index in [2.05, 4.69) is 20.3 Å². The molecule has 1 unspecified atom stereocenters. The second kappa shape index (κ2) is 6.74. The SMILES string of the molecule is COc1nc(NC(C)CCc2ccco2)nc(OC)n1. The van der Waals surface area contributed by atoms with E-state index >= 15 is 0 Å². The number of ether oxygens (including phenoxy) is 2. The summed E-state index contributed by atoms with van der Waals surface area (Å²) in [5.41, 5.74) is 0. The Morgan fingerprint density at radius 3 is 2.45 bits per heavy atom. The number of furan rings is 1. The molecule has 0 bridgehead atoms. The highest BCUT2D eigenvalue weighted by molar-refractivity contribution is 5.28. The van der Waals surface area contributed by atoms with Gasteiger partial charge in [-0.1, -0.05) is 0 Å². The molecule has 1 atom stereocenters. The van der Waals surface area contributed by atoms with Gasteiger partial charge < -0.3 is 19.2 Å². The van der Waals surface area contributed by atoms with Gasteiger partial charge in [0.1, 0.15) is 5.76 Å². The first kappa shape index (κ1) is 14.1. The first-order valence-corrected chi connectivity index (χ1v) is 6.34. The molecule has 2 rings (SSSR count). The lowest BCUT2D eigenvalue weighted by atomic mass is 10.1. The number of anilines is 1. The number of hydrogen-bond donors (Lipinski definition) is 1. The number of aryl methyl sites for hydroxylation is 1. The van der Waals surface area contributed by atoms with Gasteiger partial charge in [0.2, 0.25) is 5.95 Å². The zero-order chi connectivity index (χ0) is 14.4. The molecular formula is C13H18N4O3. The average Bonchev–Trinajstić information content (AvgIpc) is 2.98. The maximum Gasteiger partial charge on any atom is 0.324 e. The molecule has 0 aromatic carbocycles. The van der Waals surface area contributed by atoms with Crippen LogP contribution in [0.3, 0.4) is 0 Å². The van der Waals surface area contributed by atoms with E-state index in [4.69, 9.17) is 13.9 Å². The molecule has 0 fully saturated rings. The van der Waals surface area contributed by atoms with Crippen molar-refractivity contribution in [1.29, 1.82) is 0 Å². The van der Waals surface area contributed by atoms with Crippen LogP contribution in [0.2, 0.25) is 0 Å². The van der Waals surface area contributed by atoms with Gasteiger partial charge in [-0.05, 0) is 25.5 Å². The fourth-order valence-corrected chi connectivity index (χ4v) is 1.69. The molecule has 2 aromatic heterocycles. The summed E-state index contributed by atoms with van der Waals surface area (Å²) in [6, 6.07) is 4.46. The van der Waals surface area contributed by atoms with Crippen LogP contribution < -0.4 is 14.8 Å². The molecule has 7 heteroatoms. The predicted octanol–water partition coefficient (Wildman–Crippen LogP) is 1.91. The minimum absolute atomic E-state index is 0.178. The van der Waals surface area contributed by atoms with E-state index in [1.807, 2.05) is 19.1 Å². The molecule has 0 aliphatic heterocycles. The molecule has 0 radical (unpaired) electrons. The normalized spacial score (nSPS) is 11.9. The smallest absolute Gasteiger partial charge is 0.324 e. The van der Waals surface area contributed by atoms with E-state index in [0.717, 1.165) is 18.6 Å². The Morgan fingerprint density at radius 2 is 1.90 bits per heavy atom. The van der Waals surface area contributed by atoms with Crippen LogP contribution in [0.5, 0.6) is 12.0 Å². The third-order valence-electron chi connectivity index (χ3n) is 2.74. The molecule has 7 nitrogen and oxygen atoms in total. The van der Waals surface area contributed by atoms with Gasteiger partial charge in [0.15, 0.2) is 0 Å². The van der Waals surface area contributed by atoms with Crippen molar-refractivity contribution in [3.63, 3.8) is 0 Å². The van der Waals surface area contributed by atoms with Gasteiger partial charge in [-0.15, -0.1) is 4.98 Å². The van der Waals surface area contributed by atoms with Crippen molar-refractivity contribution < 1.29 is 13.9 Å². The van der Waals surface area contributed by atoms with Crippen LogP contribution in [0.4, 0.5) is 5.95 Å². The number of rotatable bonds is 7. The van der Waals surface area contributed by atoms with Crippen LogP contribution in [0.1, 0.15) is 19.1 Å². The van der Waals surface area contributed by atoms with Gasteiger partial charge in [0.25, 0.3) is 0 Å². The lowest BCUT2D eigenvalue weighted by Crippen LogP contribution is -2.18. The lowest BCUT2D eigenvalue weighted by molar-refractivity contribution is 0.341. The van der Waals surface area contributed by atoms with Gasteiger partial charge in [-0.25, -0.2) is 0 Å². The second-order valence-electron chi connectivity index (χ2n) is 4.30. The highest BCUT2D eigenvalue weighted by Crippen LogP contribution is 2.14. The summed E-state index contributed by atoms with van der Waals surface area (Å²) in [5, 5.41) is 3.19. The molecule has 108 valence electrons. The zero-order valence-electron chi connectivity index (χ0n) is 11.8. The Bertz CT molecular complexity index is 508. The van der Waals surface area contributed by atoms with Crippen LogP contribution in [-0.2, 0) is 6.42 Å². The molecular weight excluding hydrogens is 260 g/mol. The van der Waals surface area contributed by atoms with Crippen LogP contribution in [-0.4, -0.2) is 35.2 Å². The highest BCUT2D eigenvalue weighted by Gasteiger charge is 2.10. The summed E-state index contributed by atoms with van der Waals surface area (Å²) in [6.45, 7) is 2.05. The van der Waals surface area contributed by atoms with Crippen molar-refractivity contribution >= 4 is 5.95 Å². The fraction of sp³-hybridized carbons (Fsp3) is 0.462. The van der Waals surface area contributed by atoms with Gasteiger partial charge in [0, 0.05) is 12.5 Å². The second-order valence-corrected chi connectivity index (χ2v) is 4.30. The minimum Gasteiger partial charge on any atom is -0.469 e. The highest BCUT2D eigenvalue weighted by atomic mass is 16.5. The first-order chi connectivity index (χ1) is 9.71. The van der Waals surface area contributed by atoms with Crippen LogP contribution in [0.15, 0.2) is 22.8 Å². The summed E-state index contributed by atoms with van der Waals surface area (Å²) in [7, 11) is 3.00. The quantitative estimate of drug-likeness (QED) is 0.828. The fourth-order valence-electron chi connectivity index (χ4n) is 1.69. The maximum absolute atomic E-state index is 5.30. The Morgan fingerprint density at radius 1 is 1.20 bits per heavy atom. The topological polar surface area (TPSA) is 82.3 Å². The van der Waals surface area contributed by atoms with Crippen LogP contribution >= 0.6 is 0 Å². The Kier molecular flexibility index (Phi) is 4.75. The van der Waals surface area contributed by atoms with Crippen molar-refractivity contribution in [2.24, 2.45) is 0 Å². The molecule has 0 amide bonds. The van der Waals surface area contributed by atoms with E-state index < -0.39 is 0 Å². The number of aromatic nitrogens is 3. The summed E-state index contributed by atoms with van der Waals surface area (Å²) in [5.74, 6) is 1.39. The molecule has 2 aromatic rings. The summed E-state index contributed by atoms with van der Waals surface area (Å²) < 4.78 is 15.3. The van der Waals surface area contributed by atoms with Crippen molar-refractivity contribution in [3.05, 3.63) is 24.2 Å². The Labute approximate surface area is 117 Å². The molecule has 0 saturated carbocycles. The van der Waals surface area contributed by atoms with Crippen molar-refractivity contribution in [2.45, 2.75) is 25.8 Å². The minimum atomic E-state index is 0.178. The van der Waals surface area contributed by atoms with E-state index in [1.54, 1.807) is 6.26 Å². The van der Waals surface area contributed by atoms with Gasteiger partial charge in [-0.3, -0.25) is 0 Å². The van der Waals surface area contributed by atoms with E-state index in [-0.39, 0.29) is 18.1 Å². The number of nitrogens with zero attached hydrogens (tertiary/aromatic N) is 3.